The maximum Gasteiger partial charge on any atom is 0.119 e. The van der Waals surface area contributed by atoms with E-state index in [1.54, 1.807) is 12.1 Å². The highest BCUT2D eigenvalue weighted by Gasteiger charge is 2.39. The molecule has 1 aromatic rings. The Morgan fingerprint density at radius 2 is 1.31 bits per heavy atom. The van der Waals surface area contributed by atoms with Gasteiger partial charge in [0.25, 0.3) is 0 Å². The standard InChI is InChI=1S/C24H38O2/c1-3-24(17-18-24)14-8-6-10-20-19(21(25)11-12-22(20)26)9-5-4-7-13-23(2)15-16-23/h11-12,25-26H,3-10,13-18H2,1-2H3. The fraction of sp³-hybridized carbons (Fsp3) is 0.750. The van der Waals surface area contributed by atoms with Gasteiger partial charge in [0.05, 0.1) is 0 Å². The number of hydrogen-bond donors (Lipinski definition) is 2. The summed E-state index contributed by atoms with van der Waals surface area (Å²) in [4.78, 5) is 0. The minimum absolute atomic E-state index is 0.374. The van der Waals surface area contributed by atoms with Crippen molar-refractivity contribution in [3.8, 4) is 11.5 Å². The van der Waals surface area contributed by atoms with E-state index in [1.807, 2.05) is 0 Å². The molecule has 2 saturated carbocycles. The first-order valence-electron chi connectivity index (χ1n) is 11.0. The zero-order valence-electron chi connectivity index (χ0n) is 16.9. The van der Waals surface area contributed by atoms with Crippen molar-refractivity contribution >= 4 is 0 Å². The second-order valence-electron chi connectivity index (χ2n) is 9.49. The zero-order valence-corrected chi connectivity index (χ0v) is 16.9. The smallest absolute Gasteiger partial charge is 0.119 e. The van der Waals surface area contributed by atoms with Gasteiger partial charge in [-0.3, -0.25) is 0 Å². The van der Waals surface area contributed by atoms with Gasteiger partial charge in [0.15, 0.2) is 0 Å². The molecule has 146 valence electrons. The summed E-state index contributed by atoms with van der Waals surface area (Å²) in [5.74, 6) is 0.749. The van der Waals surface area contributed by atoms with Crippen LogP contribution in [0.3, 0.4) is 0 Å². The Morgan fingerprint density at radius 1 is 0.769 bits per heavy atom. The average molecular weight is 359 g/mol. The molecule has 3 rings (SSSR count). The molecule has 2 N–H and O–H groups in total. The van der Waals surface area contributed by atoms with Crippen molar-refractivity contribution in [2.75, 3.05) is 0 Å². The summed E-state index contributed by atoms with van der Waals surface area (Å²) < 4.78 is 0. The van der Waals surface area contributed by atoms with Gasteiger partial charge in [0, 0.05) is 11.1 Å². The fourth-order valence-electron chi connectivity index (χ4n) is 4.48. The SMILES string of the molecule is CCC1(CCCCc2c(O)ccc(O)c2CCCCCC2(C)CC2)CC1. The highest BCUT2D eigenvalue weighted by atomic mass is 16.3. The normalized spacial score (nSPS) is 19.5. The van der Waals surface area contributed by atoms with E-state index in [9.17, 15) is 10.2 Å². The van der Waals surface area contributed by atoms with Crippen LogP contribution in [-0.4, -0.2) is 10.2 Å². The molecule has 0 unspecified atom stereocenters. The molecule has 0 saturated heterocycles. The Kier molecular flexibility index (Phi) is 6.20. The van der Waals surface area contributed by atoms with Crippen LogP contribution < -0.4 is 0 Å². The first-order valence-corrected chi connectivity index (χ1v) is 11.0. The number of unbranched alkanes of at least 4 members (excludes halogenated alkanes) is 3. The summed E-state index contributed by atoms with van der Waals surface area (Å²) in [5.41, 5.74) is 3.30. The lowest BCUT2D eigenvalue weighted by Gasteiger charge is -2.15. The van der Waals surface area contributed by atoms with Crippen LogP contribution in [0.2, 0.25) is 0 Å². The van der Waals surface area contributed by atoms with Gasteiger partial charge >= 0.3 is 0 Å². The minimum Gasteiger partial charge on any atom is -0.508 e. The summed E-state index contributed by atoms with van der Waals surface area (Å²) in [7, 11) is 0. The Hall–Kier alpha value is -1.18. The lowest BCUT2D eigenvalue weighted by molar-refractivity contribution is 0.420. The van der Waals surface area contributed by atoms with Crippen LogP contribution in [-0.2, 0) is 12.8 Å². The van der Waals surface area contributed by atoms with Crippen LogP contribution in [0, 0.1) is 10.8 Å². The molecule has 0 bridgehead atoms. The van der Waals surface area contributed by atoms with Gasteiger partial charge in [-0.25, -0.2) is 0 Å². The number of rotatable bonds is 12. The van der Waals surface area contributed by atoms with Crippen molar-refractivity contribution in [2.24, 2.45) is 10.8 Å². The van der Waals surface area contributed by atoms with E-state index in [4.69, 9.17) is 0 Å². The molecule has 2 fully saturated rings. The van der Waals surface area contributed by atoms with Gasteiger partial charge in [0.2, 0.25) is 0 Å². The van der Waals surface area contributed by atoms with E-state index >= 15 is 0 Å². The molecular formula is C24H38O2. The minimum atomic E-state index is 0.374. The summed E-state index contributed by atoms with van der Waals surface area (Å²) in [5, 5.41) is 20.7. The van der Waals surface area contributed by atoms with Gasteiger partial charge in [-0.15, -0.1) is 0 Å². The van der Waals surface area contributed by atoms with Crippen LogP contribution in [0.25, 0.3) is 0 Å². The van der Waals surface area contributed by atoms with Crippen LogP contribution in [0.1, 0.15) is 102 Å². The molecule has 2 nitrogen and oxygen atoms in total. The van der Waals surface area contributed by atoms with Crippen molar-refractivity contribution in [3.63, 3.8) is 0 Å². The predicted molar refractivity (Wildman–Crippen MR) is 109 cm³/mol. The molecule has 0 radical (unpaired) electrons. The van der Waals surface area contributed by atoms with Crippen LogP contribution >= 0.6 is 0 Å². The fourth-order valence-corrected chi connectivity index (χ4v) is 4.48. The molecule has 2 aliphatic carbocycles. The summed E-state index contributed by atoms with van der Waals surface area (Å²) >= 11 is 0. The monoisotopic (exact) mass is 358 g/mol. The lowest BCUT2D eigenvalue weighted by Crippen LogP contribution is -2.00. The molecule has 0 spiro atoms. The molecule has 26 heavy (non-hydrogen) atoms. The van der Waals surface area contributed by atoms with Crippen molar-refractivity contribution in [3.05, 3.63) is 23.3 Å². The maximum atomic E-state index is 10.3. The van der Waals surface area contributed by atoms with E-state index < -0.39 is 0 Å². The maximum absolute atomic E-state index is 10.3. The molecule has 0 atom stereocenters. The highest BCUT2D eigenvalue weighted by molar-refractivity contribution is 5.47. The third-order valence-corrected chi connectivity index (χ3v) is 7.28. The van der Waals surface area contributed by atoms with Gasteiger partial charge in [-0.1, -0.05) is 39.5 Å². The molecule has 0 aliphatic heterocycles. The Labute approximate surface area is 160 Å². The van der Waals surface area contributed by atoms with E-state index in [2.05, 4.69) is 13.8 Å². The first kappa shape index (κ1) is 19.6. The number of phenols is 2. The molecule has 0 amide bonds. The Bertz CT molecular complexity index is 596. The van der Waals surface area contributed by atoms with E-state index in [1.165, 1.54) is 64.2 Å². The largest absolute Gasteiger partial charge is 0.508 e. The van der Waals surface area contributed by atoms with Crippen LogP contribution in [0.5, 0.6) is 11.5 Å². The second kappa shape index (κ2) is 8.23. The third kappa shape index (κ3) is 5.18. The topological polar surface area (TPSA) is 40.5 Å². The number of hydrogen-bond acceptors (Lipinski definition) is 2. The van der Waals surface area contributed by atoms with E-state index in [0.717, 1.165) is 36.8 Å². The Morgan fingerprint density at radius 3 is 1.81 bits per heavy atom. The summed E-state index contributed by atoms with van der Waals surface area (Å²) in [6.07, 6.45) is 17.4. The molecule has 0 aromatic heterocycles. The van der Waals surface area contributed by atoms with Crippen LogP contribution in [0.4, 0.5) is 0 Å². The van der Waals surface area contributed by atoms with Crippen LogP contribution in [0.15, 0.2) is 12.1 Å². The van der Waals surface area contributed by atoms with E-state index in [0.29, 0.717) is 22.3 Å². The first-order chi connectivity index (χ1) is 12.5. The van der Waals surface area contributed by atoms with Gasteiger partial charge in [0.1, 0.15) is 11.5 Å². The highest BCUT2D eigenvalue weighted by Crippen LogP contribution is 2.52. The van der Waals surface area contributed by atoms with Crippen molar-refractivity contribution in [2.45, 2.75) is 104 Å². The van der Waals surface area contributed by atoms with Gasteiger partial charge in [-0.05, 0) is 87.2 Å². The number of aromatic hydroxyl groups is 2. The summed E-state index contributed by atoms with van der Waals surface area (Å²) in [6, 6.07) is 3.33. The molecule has 1 aromatic carbocycles. The zero-order chi connectivity index (χ0) is 18.6. The molecule has 0 heterocycles. The second-order valence-corrected chi connectivity index (χ2v) is 9.49. The third-order valence-electron chi connectivity index (χ3n) is 7.28. The predicted octanol–water partition coefficient (Wildman–Crippen LogP) is 6.90. The Balaban J connectivity index is 1.46. The average Bonchev–Trinajstić information content (AvgIpc) is 3.54. The van der Waals surface area contributed by atoms with Gasteiger partial charge in [-0.2, -0.15) is 0 Å². The quantitative estimate of drug-likeness (QED) is 0.315. The van der Waals surface area contributed by atoms with E-state index in [-0.39, 0.29) is 0 Å². The van der Waals surface area contributed by atoms with Crippen molar-refractivity contribution < 1.29 is 10.2 Å². The lowest BCUT2D eigenvalue weighted by atomic mass is 9.92. The van der Waals surface area contributed by atoms with Gasteiger partial charge < -0.3 is 10.2 Å². The van der Waals surface area contributed by atoms with Crippen molar-refractivity contribution in [1.29, 1.82) is 0 Å². The molecule has 2 heteroatoms. The number of benzene rings is 1. The number of phenolic OH excluding ortho intramolecular Hbond substituents is 2. The summed E-state index contributed by atoms with van der Waals surface area (Å²) in [6.45, 7) is 4.71. The molecular weight excluding hydrogens is 320 g/mol. The molecule has 2 aliphatic rings. The van der Waals surface area contributed by atoms with Crippen molar-refractivity contribution in [1.82, 2.24) is 0 Å².